The fraction of sp³-hybridized carbons (Fsp3) is 0.333. The molecule has 0 bridgehead atoms. The summed E-state index contributed by atoms with van der Waals surface area (Å²) in [4.78, 5) is 30.6. The molecule has 0 aliphatic carbocycles. The van der Waals surface area contributed by atoms with Crippen LogP contribution >= 0.6 is 0 Å². The van der Waals surface area contributed by atoms with E-state index in [4.69, 9.17) is 0 Å². The number of para-hydroxylation sites is 1. The highest BCUT2D eigenvalue weighted by Gasteiger charge is 2.44. The maximum Gasteiger partial charge on any atom is 0.251 e. The van der Waals surface area contributed by atoms with Crippen LogP contribution < -0.4 is 4.90 Å². The molecule has 0 aromatic heterocycles. The second kappa shape index (κ2) is 7.58. The van der Waals surface area contributed by atoms with Crippen LogP contribution in [0.4, 0.5) is 10.1 Å². The van der Waals surface area contributed by atoms with Crippen molar-refractivity contribution < 1.29 is 14.0 Å². The topological polar surface area (TPSA) is 43.9 Å². The van der Waals surface area contributed by atoms with E-state index < -0.39 is 11.9 Å². The minimum Gasteiger partial charge on any atom is -0.297 e. The standard InChI is InChI=1S/C21H22FN3O2/c22-17-8-4-5-9-18(17)25-20(26)14-19(21(25)27)24-12-10-23(11-13-24)15-16-6-2-1-3-7-16/h1-9,19H,10-15H2/t19-/m0/s1. The number of piperazine rings is 1. The number of hydrogen-bond acceptors (Lipinski definition) is 4. The van der Waals surface area contributed by atoms with E-state index in [-0.39, 0.29) is 23.9 Å². The third-order valence-electron chi connectivity index (χ3n) is 5.31. The van der Waals surface area contributed by atoms with E-state index in [1.165, 1.54) is 17.7 Å². The zero-order chi connectivity index (χ0) is 18.8. The summed E-state index contributed by atoms with van der Waals surface area (Å²) in [5.41, 5.74) is 1.32. The number of carbonyl (C=O) groups excluding carboxylic acids is 2. The summed E-state index contributed by atoms with van der Waals surface area (Å²) in [6, 6.07) is 15.7. The van der Waals surface area contributed by atoms with Crippen molar-refractivity contribution >= 4 is 17.5 Å². The second-order valence-corrected chi connectivity index (χ2v) is 7.04. The van der Waals surface area contributed by atoms with Crippen molar-refractivity contribution in [2.45, 2.75) is 19.0 Å². The van der Waals surface area contributed by atoms with E-state index in [0.29, 0.717) is 0 Å². The quantitative estimate of drug-likeness (QED) is 0.778. The van der Waals surface area contributed by atoms with Gasteiger partial charge in [0.2, 0.25) is 5.91 Å². The number of halogens is 1. The average Bonchev–Trinajstić information content (AvgIpc) is 2.98. The number of amides is 2. The first-order chi connectivity index (χ1) is 13.1. The van der Waals surface area contributed by atoms with Gasteiger partial charge in [0, 0.05) is 32.7 Å². The molecule has 0 spiro atoms. The van der Waals surface area contributed by atoms with Gasteiger partial charge in [-0.1, -0.05) is 42.5 Å². The highest BCUT2D eigenvalue weighted by atomic mass is 19.1. The molecule has 4 rings (SSSR count). The third-order valence-corrected chi connectivity index (χ3v) is 5.31. The van der Waals surface area contributed by atoms with Crippen LogP contribution in [-0.2, 0) is 16.1 Å². The maximum atomic E-state index is 14.0. The minimum atomic E-state index is -0.549. The summed E-state index contributed by atoms with van der Waals surface area (Å²) in [5.74, 6) is -1.20. The number of anilines is 1. The molecule has 2 amide bonds. The molecule has 27 heavy (non-hydrogen) atoms. The van der Waals surface area contributed by atoms with Gasteiger partial charge in [-0.2, -0.15) is 0 Å². The summed E-state index contributed by atoms with van der Waals surface area (Å²) in [7, 11) is 0. The number of hydrogen-bond donors (Lipinski definition) is 0. The van der Waals surface area contributed by atoms with Gasteiger partial charge in [0.1, 0.15) is 5.82 Å². The van der Waals surface area contributed by atoms with Crippen LogP contribution in [0, 0.1) is 5.82 Å². The van der Waals surface area contributed by atoms with Gasteiger partial charge in [-0.25, -0.2) is 9.29 Å². The van der Waals surface area contributed by atoms with Crippen LogP contribution in [0.3, 0.4) is 0 Å². The predicted molar refractivity (Wildman–Crippen MR) is 101 cm³/mol. The molecule has 1 atom stereocenters. The van der Waals surface area contributed by atoms with Gasteiger partial charge in [-0.15, -0.1) is 0 Å². The lowest BCUT2D eigenvalue weighted by Gasteiger charge is -2.37. The molecule has 0 unspecified atom stereocenters. The van der Waals surface area contributed by atoms with E-state index in [9.17, 15) is 14.0 Å². The SMILES string of the molecule is O=C1C[C@H](N2CCN(Cc3ccccc3)CC2)C(=O)N1c1ccccc1F. The molecule has 2 aromatic carbocycles. The number of nitrogens with zero attached hydrogens (tertiary/aromatic N) is 3. The average molecular weight is 367 g/mol. The van der Waals surface area contributed by atoms with Gasteiger partial charge in [-0.05, 0) is 17.7 Å². The lowest BCUT2D eigenvalue weighted by atomic mass is 10.1. The van der Waals surface area contributed by atoms with Crippen molar-refractivity contribution in [3.8, 4) is 0 Å². The van der Waals surface area contributed by atoms with Crippen molar-refractivity contribution in [1.29, 1.82) is 0 Å². The second-order valence-electron chi connectivity index (χ2n) is 7.04. The number of rotatable bonds is 4. The van der Waals surface area contributed by atoms with Crippen LogP contribution in [0.25, 0.3) is 0 Å². The lowest BCUT2D eigenvalue weighted by Crippen LogP contribution is -2.52. The van der Waals surface area contributed by atoms with Crippen LogP contribution in [0.2, 0.25) is 0 Å². The Hall–Kier alpha value is -2.57. The third kappa shape index (κ3) is 3.63. The largest absolute Gasteiger partial charge is 0.297 e. The molecule has 0 radical (unpaired) electrons. The lowest BCUT2D eigenvalue weighted by molar-refractivity contribution is -0.123. The molecule has 2 heterocycles. The Balaban J connectivity index is 1.40. The van der Waals surface area contributed by atoms with Gasteiger partial charge < -0.3 is 0 Å². The molecule has 2 aromatic rings. The molecule has 5 nitrogen and oxygen atoms in total. The van der Waals surface area contributed by atoms with Gasteiger partial charge in [0.25, 0.3) is 5.91 Å². The van der Waals surface area contributed by atoms with Crippen LogP contribution in [-0.4, -0.2) is 53.8 Å². The smallest absolute Gasteiger partial charge is 0.251 e. The molecule has 140 valence electrons. The van der Waals surface area contributed by atoms with Crippen molar-refractivity contribution in [2.75, 3.05) is 31.1 Å². The molecule has 2 aliphatic heterocycles. The number of benzene rings is 2. The Morgan fingerprint density at radius 3 is 2.26 bits per heavy atom. The van der Waals surface area contributed by atoms with E-state index in [1.54, 1.807) is 12.1 Å². The Morgan fingerprint density at radius 1 is 0.889 bits per heavy atom. The van der Waals surface area contributed by atoms with E-state index in [2.05, 4.69) is 21.9 Å². The normalized spacial score (nSPS) is 21.8. The van der Waals surface area contributed by atoms with Crippen molar-refractivity contribution in [1.82, 2.24) is 9.80 Å². The zero-order valence-corrected chi connectivity index (χ0v) is 15.1. The summed E-state index contributed by atoms with van der Waals surface area (Å²) in [5, 5.41) is 0. The minimum absolute atomic E-state index is 0.0534. The Kier molecular flexibility index (Phi) is 5.01. The molecule has 0 saturated carbocycles. The molecule has 6 heteroatoms. The van der Waals surface area contributed by atoms with Gasteiger partial charge in [0.15, 0.2) is 0 Å². The number of carbonyl (C=O) groups is 2. The summed E-state index contributed by atoms with van der Waals surface area (Å²) < 4.78 is 14.0. The highest BCUT2D eigenvalue weighted by Crippen LogP contribution is 2.28. The first-order valence-corrected chi connectivity index (χ1v) is 9.25. The van der Waals surface area contributed by atoms with Gasteiger partial charge in [-0.3, -0.25) is 19.4 Å². The summed E-state index contributed by atoms with van der Waals surface area (Å²) >= 11 is 0. The van der Waals surface area contributed by atoms with Crippen LogP contribution in [0.1, 0.15) is 12.0 Å². The Morgan fingerprint density at radius 2 is 1.56 bits per heavy atom. The van der Waals surface area contributed by atoms with E-state index in [0.717, 1.165) is 37.6 Å². The first kappa shape index (κ1) is 17.8. The monoisotopic (exact) mass is 367 g/mol. The highest BCUT2D eigenvalue weighted by molar-refractivity contribution is 6.22. The zero-order valence-electron chi connectivity index (χ0n) is 15.1. The fourth-order valence-electron chi connectivity index (χ4n) is 3.86. The Labute approximate surface area is 158 Å². The molecular weight excluding hydrogens is 345 g/mol. The van der Waals surface area contributed by atoms with Gasteiger partial charge >= 0.3 is 0 Å². The first-order valence-electron chi connectivity index (χ1n) is 9.25. The maximum absolute atomic E-state index is 14.0. The van der Waals surface area contributed by atoms with Crippen LogP contribution in [0.5, 0.6) is 0 Å². The van der Waals surface area contributed by atoms with Crippen molar-refractivity contribution in [2.24, 2.45) is 0 Å². The summed E-state index contributed by atoms with van der Waals surface area (Å²) in [6.07, 6.45) is 0.117. The van der Waals surface area contributed by atoms with Crippen molar-refractivity contribution in [3.05, 3.63) is 66.0 Å². The molecule has 0 N–H and O–H groups in total. The fourth-order valence-corrected chi connectivity index (χ4v) is 3.86. The predicted octanol–water partition coefficient (Wildman–Crippen LogP) is 2.28. The van der Waals surface area contributed by atoms with Crippen LogP contribution in [0.15, 0.2) is 54.6 Å². The number of imide groups is 1. The van der Waals surface area contributed by atoms with E-state index >= 15 is 0 Å². The molecule has 2 aliphatic rings. The van der Waals surface area contributed by atoms with Crippen molar-refractivity contribution in [3.63, 3.8) is 0 Å². The Bertz CT molecular complexity index is 834. The van der Waals surface area contributed by atoms with E-state index in [1.807, 2.05) is 18.2 Å². The molecule has 2 fully saturated rings. The molecular formula is C21H22FN3O2. The molecule has 2 saturated heterocycles. The van der Waals surface area contributed by atoms with Gasteiger partial charge in [0.05, 0.1) is 18.2 Å². The summed E-state index contributed by atoms with van der Waals surface area (Å²) in [6.45, 7) is 4.01.